The van der Waals surface area contributed by atoms with Crippen LogP contribution < -0.4 is 20.3 Å². The summed E-state index contributed by atoms with van der Waals surface area (Å²) in [5.74, 6) is 1.24. The Labute approximate surface area is 162 Å². The van der Waals surface area contributed by atoms with Crippen LogP contribution in [0.3, 0.4) is 0 Å². The van der Waals surface area contributed by atoms with E-state index in [9.17, 15) is 9.59 Å². The quantitative estimate of drug-likeness (QED) is 0.472. The molecule has 146 valence electrons. The largest absolute Gasteiger partial charge is 0.490 e. The third-order valence-electron chi connectivity index (χ3n) is 4.24. The van der Waals surface area contributed by atoms with E-state index >= 15 is 0 Å². The number of ether oxygens (including phenoxy) is 1. The molecule has 0 aromatic carbocycles. The van der Waals surface area contributed by atoms with E-state index in [2.05, 4.69) is 20.6 Å². The minimum atomic E-state index is -0.343. The van der Waals surface area contributed by atoms with Gasteiger partial charge in [-0.3, -0.25) is 9.59 Å². The molecule has 9 heteroatoms. The summed E-state index contributed by atoms with van der Waals surface area (Å²) >= 11 is 0. The third kappa shape index (κ3) is 4.81. The summed E-state index contributed by atoms with van der Waals surface area (Å²) < 4.78 is 5.50. The SMILES string of the molecule is CC(=O)NCCOc1ccc(Nc2cc(N3CC[C@H](C=N)C3=O)ccn2)nc1. The van der Waals surface area contributed by atoms with Gasteiger partial charge in [-0.1, -0.05) is 0 Å². The molecule has 3 rings (SSSR count). The van der Waals surface area contributed by atoms with E-state index in [0.29, 0.717) is 43.5 Å². The maximum absolute atomic E-state index is 12.3. The maximum Gasteiger partial charge on any atom is 0.235 e. The van der Waals surface area contributed by atoms with E-state index in [0.717, 1.165) is 5.69 Å². The molecule has 0 spiro atoms. The molecule has 28 heavy (non-hydrogen) atoms. The number of hydrogen-bond acceptors (Lipinski definition) is 7. The van der Waals surface area contributed by atoms with Crippen molar-refractivity contribution in [2.75, 3.05) is 29.9 Å². The highest BCUT2D eigenvalue weighted by Gasteiger charge is 2.31. The summed E-state index contributed by atoms with van der Waals surface area (Å²) in [7, 11) is 0. The van der Waals surface area contributed by atoms with Crippen molar-refractivity contribution in [1.29, 1.82) is 5.41 Å². The van der Waals surface area contributed by atoms with Crippen LogP contribution >= 0.6 is 0 Å². The van der Waals surface area contributed by atoms with Crippen LogP contribution in [0.15, 0.2) is 36.7 Å². The highest BCUT2D eigenvalue weighted by Crippen LogP contribution is 2.26. The second-order valence-electron chi connectivity index (χ2n) is 6.29. The Balaban J connectivity index is 1.59. The molecular formula is C19H22N6O3. The summed E-state index contributed by atoms with van der Waals surface area (Å²) in [4.78, 5) is 33.3. The van der Waals surface area contributed by atoms with Gasteiger partial charge in [-0.2, -0.15) is 0 Å². The molecule has 9 nitrogen and oxygen atoms in total. The monoisotopic (exact) mass is 382 g/mol. The maximum atomic E-state index is 12.3. The molecule has 1 aliphatic rings. The van der Waals surface area contributed by atoms with Crippen molar-refractivity contribution in [2.24, 2.45) is 5.92 Å². The number of nitrogens with zero attached hydrogens (tertiary/aromatic N) is 3. The van der Waals surface area contributed by atoms with E-state index in [-0.39, 0.29) is 17.7 Å². The topological polar surface area (TPSA) is 120 Å². The summed E-state index contributed by atoms with van der Waals surface area (Å²) in [5.41, 5.74) is 0.741. The van der Waals surface area contributed by atoms with E-state index < -0.39 is 0 Å². The zero-order valence-electron chi connectivity index (χ0n) is 15.5. The van der Waals surface area contributed by atoms with Crippen molar-refractivity contribution in [3.05, 3.63) is 36.7 Å². The Morgan fingerprint density at radius 2 is 2.21 bits per heavy atom. The lowest BCUT2D eigenvalue weighted by atomic mass is 10.1. The standard InChI is InChI=1S/C19H22N6O3/c1-13(26)21-7-9-28-16-2-3-17(23-12-16)24-18-10-15(4-6-22-18)25-8-5-14(11-20)19(25)27/h2-4,6,10-12,14,20H,5,7-9H2,1H3,(H,21,26)(H,22,23,24)/t14-/m1/s1. The number of amides is 2. The zero-order valence-corrected chi connectivity index (χ0v) is 15.5. The highest BCUT2D eigenvalue weighted by atomic mass is 16.5. The Kier molecular flexibility index (Phi) is 6.15. The number of rotatable bonds is 8. The van der Waals surface area contributed by atoms with Gasteiger partial charge in [-0.25, -0.2) is 9.97 Å². The molecule has 3 heterocycles. The molecule has 2 amide bonds. The lowest BCUT2D eigenvalue weighted by Crippen LogP contribution is -2.27. The first kappa shape index (κ1) is 19.3. The number of anilines is 3. The van der Waals surface area contributed by atoms with Gasteiger partial charge in [-0.15, -0.1) is 0 Å². The fourth-order valence-corrected chi connectivity index (χ4v) is 2.84. The molecule has 1 saturated heterocycles. The van der Waals surface area contributed by atoms with Crippen LogP contribution in [0.25, 0.3) is 0 Å². The van der Waals surface area contributed by atoms with Gasteiger partial charge >= 0.3 is 0 Å². The van der Waals surface area contributed by atoms with Crippen molar-refractivity contribution < 1.29 is 14.3 Å². The molecule has 1 aliphatic heterocycles. The smallest absolute Gasteiger partial charge is 0.235 e. The van der Waals surface area contributed by atoms with Gasteiger partial charge in [0.05, 0.1) is 18.7 Å². The molecule has 0 unspecified atom stereocenters. The molecule has 1 fully saturated rings. The predicted octanol–water partition coefficient (Wildman–Crippen LogP) is 1.74. The number of pyridine rings is 2. The summed E-state index contributed by atoms with van der Waals surface area (Å²) in [6.45, 7) is 2.83. The zero-order chi connectivity index (χ0) is 19.9. The predicted molar refractivity (Wildman–Crippen MR) is 105 cm³/mol. The molecule has 2 aromatic rings. The van der Waals surface area contributed by atoms with Crippen molar-refractivity contribution >= 4 is 35.4 Å². The van der Waals surface area contributed by atoms with Gasteiger partial charge < -0.3 is 25.7 Å². The minimum Gasteiger partial charge on any atom is -0.490 e. The first-order valence-electron chi connectivity index (χ1n) is 8.95. The summed E-state index contributed by atoms with van der Waals surface area (Å²) in [6, 6.07) is 7.08. The third-order valence-corrected chi connectivity index (χ3v) is 4.24. The van der Waals surface area contributed by atoms with E-state index in [4.69, 9.17) is 10.1 Å². The van der Waals surface area contributed by atoms with Gasteiger partial charge in [0.25, 0.3) is 0 Å². The van der Waals surface area contributed by atoms with Crippen molar-refractivity contribution in [1.82, 2.24) is 15.3 Å². The highest BCUT2D eigenvalue weighted by molar-refractivity contribution is 6.05. The second-order valence-corrected chi connectivity index (χ2v) is 6.29. The molecule has 0 aliphatic carbocycles. The molecule has 2 aromatic heterocycles. The molecular weight excluding hydrogens is 360 g/mol. The number of carbonyl (C=O) groups is 2. The number of carbonyl (C=O) groups excluding carboxylic acids is 2. The first-order chi connectivity index (χ1) is 13.6. The van der Waals surface area contributed by atoms with Crippen LogP contribution in [-0.4, -0.2) is 47.7 Å². The van der Waals surface area contributed by atoms with E-state index in [1.165, 1.54) is 13.1 Å². The van der Waals surface area contributed by atoms with Crippen LogP contribution in [-0.2, 0) is 9.59 Å². The van der Waals surface area contributed by atoms with E-state index in [1.807, 2.05) is 0 Å². The Bertz CT molecular complexity index is 855. The summed E-state index contributed by atoms with van der Waals surface area (Å²) in [5, 5.41) is 13.1. The Morgan fingerprint density at radius 3 is 2.89 bits per heavy atom. The minimum absolute atomic E-state index is 0.0639. The number of aromatic nitrogens is 2. The molecule has 0 saturated carbocycles. The normalized spacial score (nSPS) is 16.0. The number of hydrogen-bond donors (Lipinski definition) is 3. The molecule has 1 atom stereocenters. The van der Waals surface area contributed by atoms with Crippen LogP contribution in [0.1, 0.15) is 13.3 Å². The van der Waals surface area contributed by atoms with Gasteiger partial charge in [0.1, 0.15) is 24.0 Å². The fourth-order valence-electron chi connectivity index (χ4n) is 2.84. The van der Waals surface area contributed by atoms with Gasteiger partial charge in [0, 0.05) is 37.6 Å². The van der Waals surface area contributed by atoms with Gasteiger partial charge in [0.2, 0.25) is 11.8 Å². The second kappa shape index (κ2) is 8.94. The van der Waals surface area contributed by atoms with Crippen molar-refractivity contribution in [3.63, 3.8) is 0 Å². The lowest BCUT2D eigenvalue weighted by Gasteiger charge is -2.17. The van der Waals surface area contributed by atoms with Crippen LogP contribution in [0.2, 0.25) is 0 Å². The summed E-state index contributed by atoms with van der Waals surface area (Å²) in [6.07, 6.45) is 5.06. The lowest BCUT2D eigenvalue weighted by molar-refractivity contribution is -0.119. The Hall–Kier alpha value is -3.49. The van der Waals surface area contributed by atoms with Gasteiger partial charge in [0.15, 0.2) is 0 Å². The average Bonchev–Trinajstić information content (AvgIpc) is 3.07. The molecule has 0 bridgehead atoms. The van der Waals surface area contributed by atoms with Crippen LogP contribution in [0, 0.1) is 11.3 Å². The van der Waals surface area contributed by atoms with Crippen molar-refractivity contribution in [3.8, 4) is 5.75 Å². The fraction of sp³-hybridized carbons (Fsp3) is 0.316. The van der Waals surface area contributed by atoms with Gasteiger partial charge in [-0.05, 0) is 24.6 Å². The average molecular weight is 382 g/mol. The first-order valence-corrected chi connectivity index (χ1v) is 8.95. The molecule has 0 radical (unpaired) electrons. The molecule has 3 N–H and O–H groups in total. The van der Waals surface area contributed by atoms with Crippen molar-refractivity contribution in [2.45, 2.75) is 13.3 Å². The van der Waals surface area contributed by atoms with Crippen LogP contribution in [0.4, 0.5) is 17.3 Å². The number of nitrogens with one attached hydrogen (secondary N) is 3. The van der Waals surface area contributed by atoms with E-state index in [1.54, 1.807) is 41.6 Å². The van der Waals surface area contributed by atoms with Crippen LogP contribution in [0.5, 0.6) is 5.75 Å². The Morgan fingerprint density at radius 1 is 1.36 bits per heavy atom.